The Morgan fingerprint density at radius 3 is 2.42 bits per heavy atom. The highest BCUT2D eigenvalue weighted by molar-refractivity contribution is 6.34. The summed E-state index contributed by atoms with van der Waals surface area (Å²) in [7, 11) is 0. The monoisotopic (exact) mass is 367 g/mol. The summed E-state index contributed by atoms with van der Waals surface area (Å²) in [6.45, 7) is 3.81. The molecule has 2 N–H and O–H groups in total. The van der Waals surface area contributed by atoms with Gasteiger partial charge in [-0.15, -0.1) is 0 Å². The number of halogens is 1. The molecule has 132 valence electrons. The summed E-state index contributed by atoms with van der Waals surface area (Å²) in [6, 6.07) is 12.5. The van der Waals surface area contributed by atoms with E-state index in [0.717, 1.165) is 11.1 Å². The zero-order chi connectivity index (χ0) is 18.8. The number of nitriles is 1. The van der Waals surface area contributed by atoms with E-state index in [4.69, 9.17) is 16.9 Å². The Balaban J connectivity index is 1.64. The molecule has 0 heterocycles. The second-order valence-electron chi connectivity index (χ2n) is 6.52. The van der Waals surface area contributed by atoms with Crippen LogP contribution in [0.2, 0.25) is 5.02 Å². The van der Waals surface area contributed by atoms with Gasteiger partial charge in [0.15, 0.2) is 0 Å². The number of carbonyl (C=O) groups is 2. The number of para-hydroxylation sites is 1. The molecule has 6 heteroatoms. The highest BCUT2D eigenvalue weighted by atomic mass is 35.5. The van der Waals surface area contributed by atoms with Crippen molar-refractivity contribution in [2.75, 3.05) is 10.6 Å². The summed E-state index contributed by atoms with van der Waals surface area (Å²) in [6.07, 6.45) is 0.481. The maximum Gasteiger partial charge on any atom is 0.228 e. The summed E-state index contributed by atoms with van der Waals surface area (Å²) < 4.78 is 0. The fraction of sp³-hybridized carbons (Fsp3) is 0.250. The van der Waals surface area contributed by atoms with Crippen LogP contribution in [-0.4, -0.2) is 11.8 Å². The molecule has 2 unspecified atom stereocenters. The summed E-state index contributed by atoms with van der Waals surface area (Å²) >= 11 is 6.22. The van der Waals surface area contributed by atoms with Crippen LogP contribution in [0.25, 0.3) is 0 Å². The first kappa shape index (κ1) is 18.0. The van der Waals surface area contributed by atoms with E-state index in [2.05, 4.69) is 10.6 Å². The van der Waals surface area contributed by atoms with E-state index < -0.39 is 5.92 Å². The lowest BCUT2D eigenvalue weighted by Gasteiger charge is -2.11. The number of amides is 2. The molecule has 0 spiro atoms. The van der Waals surface area contributed by atoms with Crippen LogP contribution in [0.5, 0.6) is 0 Å². The van der Waals surface area contributed by atoms with Crippen molar-refractivity contribution in [2.45, 2.75) is 20.3 Å². The van der Waals surface area contributed by atoms with E-state index in [1.54, 1.807) is 30.3 Å². The first-order valence-corrected chi connectivity index (χ1v) is 8.66. The van der Waals surface area contributed by atoms with Crippen LogP contribution in [0, 0.1) is 37.0 Å². The van der Waals surface area contributed by atoms with E-state index in [0.29, 0.717) is 28.4 Å². The van der Waals surface area contributed by atoms with E-state index in [9.17, 15) is 9.59 Å². The zero-order valence-corrected chi connectivity index (χ0v) is 15.2. The van der Waals surface area contributed by atoms with Gasteiger partial charge in [-0.05, 0) is 49.6 Å². The Bertz CT molecular complexity index is 910. The molecule has 2 atom stereocenters. The fourth-order valence-electron chi connectivity index (χ4n) is 2.98. The van der Waals surface area contributed by atoms with Crippen molar-refractivity contribution < 1.29 is 9.59 Å². The Morgan fingerprint density at radius 2 is 1.77 bits per heavy atom. The molecule has 3 rings (SSSR count). The van der Waals surface area contributed by atoms with E-state index in [1.807, 2.05) is 26.0 Å². The molecule has 1 saturated carbocycles. The topological polar surface area (TPSA) is 82.0 Å². The molecule has 0 radical (unpaired) electrons. The number of hydrogen-bond donors (Lipinski definition) is 2. The molecule has 0 aromatic heterocycles. The molecule has 1 fully saturated rings. The number of rotatable bonds is 4. The van der Waals surface area contributed by atoms with Crippen LogP contribution in [0.3, 0.4) is 0 Å². The van der Waals surface area contributed by atoms with Crippen molar-refractivity contribution >= 4 is 34.8 Å². The minimum absolute atomic E-state index is 0.215. The van der Waals surface area contributed by atoms with E-state index in [1.165, 1.54) is 0 Å². The lowest BCUT2D eigenvalue weighted by molar-refractivity contribution is -0.122. The number of nitrogens with zero attached hydrogens (tertiary/aromatic N) is 1. The molecule has 0 saturated heterocycles. The Kier molecular flexibility index (Phi) is 4.97. The second kappa shape index (κ2) is 7.19. The SMILES string of the molecule is Cc1cc(C)c(NC(=O)C2CC2C(=O)Nc2ccccc2C#N)c(Cl)c1. The van der Waals surface area contributed by atoms with Crippen molar-refractivity contribution in [1.82, 2.24) is 0 Å². The van der Waals surface area contributed by atoms with Crippen LogP contribution in [-0.2, 0) is 9.59 Å². The Morgan fingerprint density at radius 1 is 1.12 bits per heavy atom. The van der Waals surface area contributed by atoms with Crippen molar-refractivity contribution in [2.24, 2.45) is 11.8 Å². The maximum atomic E-state index is 12.5. The van der Waals surface area contributed by atoms with Gasteiger partial charge in [0.05, 0.1) is 33.8 Å². The molecule has 26 heavy (non-hydrogen) atoms. The number of carbonyl (C=O) groups excluding carboxylic acids is 2. The lowest BCUT2D eigenvalue weighted by Crippen LogP contribution is -2.21. The van der Waals surface area contributed by atoms with Crippen molar-refractivity contribution in [3.63, 3.8) is 0 Å². The Hall–Kier alpha value is -2.84. The largest absolute Gasteiger partial charge is 0.325 e. The number of hydrogen-bond acceptors (Lipinski definition) is 3. The summed E-state index contributed by atoms with van der Waals surface area (Å²) in [5.41, 5.74) is 3.34. The van der Waals surface area contributed by atoms with Gasteiger partial charge in [0.25, 0.3) is 0 Å². The normalized spacial score (nSPS) is 17.9. The van der Waals surface area contributed by atoms with Gasteiger partial charge in [0.1, 0.15) is 6.07 Å². The van der Waals surface area contributed by atoms with Crippen molar-refractivity contribution in [1.29, 1.82) is 5.26 Å². The fourth-order valence-corrected chi connectivity index (χ4v) is 3.35. The molecular weight excluding hydrogens is 350 g/mol. The minimum Gasteiger partial charge on any atom is -0.325 e. The quantitative estimate of drug-likeness (QED) is 0.855. The minimum atomic E-state index is -0.397. The average molecular weight is 368 g/mol. The lowest BCUT2D eigenvalue weighted by atomic mass is 10.1. The highest BCUT2D eigenvalue weighted by Gasteiger charge is 2.48. The van der Waals surface area contributed by atoms with Crippen molar-refractivity contribution in [3.8, 4) is 6.07 Å². The van der Waals surface area contributed by atoms with Crippen LogP contribution < -0.4 is 10.6 Å². The molecule has 1 aliphatic rings. The number of benzene rings is 2. The molecule has 1 aliphatic carbocycles. The van der Waals surface area contributed by atoms with E-state index in [-0.39, 0.29) is 17.7 Å². The zero-order valence-electron chi connectivity index (χ0n) is 14.5. The highest BCUT2D eigenvalue weighted by Crippen LogP contribution is 2.41. The van der Waals surface area contributed by atoms with Crippen LogP contribution in [0.4, 0.5) is 11.4 Å². The summed E-state index contributed by atoms with van der Waals surface area (Å²) in [5, 5.41) is 15.1. The van der Waals surface area contributed by atoms with Gasteiger partial charge in [0.2, 0.25) is 11.8 Å². The van der Waals surface area contributed by atoms with Gasteiger partial charge in [-0.25, -0.2) is 0 Å². The van der Waals surface area contributed by atoms with Gasteiger partial charge >= 0.3 is 0 Å². The first-order valence-electron chi connectivity index (χ1n) is 8.28. The smallest absolute Gasteiger partial charge is 0.228 e. The standard InChI is InChI=1S/C20H18ClN3O2/c1-11-7-12(2)18(16(21)8-11)24-20(26)15-9-14(15)19(25)23-17-6-4-3-5-13(17)10-22/h3-8,14-15H,9H2,1-2H3,(H,23,25)(H,24,26). The number of nitrogens with one attached hydrogen (secondary N) is 2. The third-order valence-corrected chi connectivity index (χ3v) is 4.75. The van der Waals surface area contributed by atoms with Crippen LogP contribution >= 0.6 is 11.6 Å². The number of aryl methyl sites for hydroxylation is 2. The summed E-state index contributed by atoms with van der Waals surface area (Å²) in [5.74, 6) is -1.25. The third-order valence-electron chi connectivity index (χ3n) is 4.45. The molecule has 2 aromatic rings. The third kappa shape index (κ3) is 3.71. The van der Waals surface area contributed by atoms with Gasteiger partial charge in [-0.3, -0.25) is 9.59 Å². The Labute approximate surface area is 157 Å². The van der Waals surface area contributed by atoms with Crippen LogP contribution in [0.15, 0.2) is 36.4 Å². The maximum absolute atomic E-state index is 12.5. The van der Waals surface area contributed by atoms with E-state index >= 15 is 0 Å². The van der Waals surface area contributed by atoms with Crippen LogP contribution in [0.1, 0.15) is 23.1 Å². The molecule has 0 aliphatic heterocycles. The van der Waals surface area contributed by atoms with Gasteiger partial charge < -0.3 is 10.6 Å². The predicted molar refractivity (Wildman–Crippen MR) is 101 cm³/mol. The van der Waals surface area contributed by atoms with Gasteiger partial charge in [-0.2, -0.15) is 5.26 Å². The average Bonchev–Trinajstić information content (AvgIpc) is 3.39. The molecule has 2 amide bonds. The molecular formula is C20H18ClN3O2. The van der Waals surface area contributed by atoms with Gasteiger partial charge in [0, 0.05) is 0 Å². The molecule has 5 nitrogen and oxygen atoms in total. The van der Waals surface area contributed by atoms with Gasteiger partial charge in [-0.1, -0.05) is 29.8 Å². The number of anilines is 2. The summed E-state index contributed by atoms with van der Waals surface area (Å²) in [4.78, 5) is 24.8. The van der Waals surface area contributed by atoms with Crippen molar-refractivity contribution in [3.05, 3.63) is 58.1 Å². The molecule has 0 bridgehead atoms. The predicted octanol–water partition coefficient (Wildman–Crippen LogP) is 4.04. The second-order valence-corrected chi connectivity index (χ2v) is 6.93. The first-order chi connectivity index (χ1) is 12.4. The molecule has 2 aromatic carbocycles.